The maximum Gasteiger partial charge on any atom is 0.304 e. The molecule has 3 N–H and O–H groups in total. The predicted octanol–water partition coefficient (Wildman–Crippen LogP) is 0.802. The third kappa shape index (κ3) is 3.10. The Kier molecular flexibility index (Phi) is 3.49. The highest BCUT2D eigenvalue weighted by Crippen LogP contribution is 2.31. The predicted molar refractivity (Wildman–Crippen MR) is 61.4 cm³/mol. The Morgan fingerprint density at radius 1 is 1.35 bits per heavy atom. The smallest absolute Gasteiger partial charge is 0.304 e. The molecule has 1 aliphatic heterocycles. The van der Waals surface area contributed by atoms with Gasteiger partial charge in [-0.15, -0.1) is 0 Å². The van der Waals surface area contributed by atoms with E-state index in [1.165, 1.54) is 0 Å². The van der Waals surface area contributed by atoms with Gasteiger partial charge >= 0.3 is 5.97 Å². The number of nitrogens with two attached hydrogens (primary N) is 1. The molecule has 5 nitrogen and oxygen atoms in total. The summed E-state index contributed by atoms with van der Waals surface area (Å²) in [6.07, 6.45) is 0.484. The number of fused-ring (bicyclic) bond motifs is 1. The highest BCUT2D eigenvalue weighted by atomic mass is 16.6. The molecule has 92 valence electrons. The molecule has 2 rings (SSSR count). The van der Waals surface area contributed by atoms with Crippen molar-refractivity contribution in [1.82, 2.24) is 0 Å². The highest BCUT2D eigenvalue weighted by molar-refractivity contribution is 5.67. The van der Waals surface area contributed by atoms with Crippen LogP contribution >= 0.6 is 0 Å². The third-order valence-corrected chi connectivity index (χ3v) is 2.54. The number of aliphatic carboxylic acids is 1. The summed E-state index contributed by atoms with van der Waals surface area (Å²) in [6, 6.07) is 5.19. The second-order valence-electron chi connectivity index (χ2n) is 4.04. The summed E-state index contributed by atoms with van der Waals surface area (Å²) in [5.41, 5.74) is 6.69. The van der Waals surface area contributed by atoms with Crippen LogP contribution in [0.4, 0.5) is 0 Å². The van der Waals surface area contributed by atoms with Gasteiger partial charge in [0.25, 0.3) is 0 Å². The van der Waals surface area contributed by atoms with Crippen LogP contribution in [0.25, 0.3) is 0 Å². The van der Waals surface area contributed by atoms with Crippen LogP contribution in [0.5, 0.6) is 11.5 Å². The molecule has 0 bridgehead atoms. The van der Waals surface area contributed by atoms with Gasteiger partial charge in [-0.1, -0.05) is 6.07 Å². The van der Waals surface area contributed by atoms with Crippen LogP contribution in [0.3, 0.4) is 0 Å². The van der Waals surface area contributed by atoms with Crippen molar-refractivity contribution >= 4 is 5.97 Å². The lowest BCUT2D eigenvalue weighted by Gasteiger charge is -2.19. The summed E-state index contributed by atoms with van der Waals surface area (Å²) in [5, 5.41) is 8.63. The van der Waals surface area contributed by atoms with Crippen LogP contribution in [0.15, 0.2) is 18.2 Å². The molecule has 1 unspecified atom stereocenters. The molecular formula is C12H15NO4. The molecule has 1 aromatic rings. The average molecular weight is 237 g/mol. The zero-order valence-electron chi connectivity index (χ0n) is 9.39. The van der Waals surface area contributed by atoms with E-state index in [1.54, 1.807) is 0 Å². The van der Waals surface area contributed by atoms with E-state index in [-0.39, 0.29) is 12.5 Å². The highest BCUT2D eigenvalue weighted by Gasteiger charge is 2.14. The van der Waals surface area contributed by atoms with Crippen molar-refractivity contribution < 1.29 is 19.4 Å². The molecule has 0 aliphatic carbocycles. The minimum atomic E-state index is -0.880. The van der Waals surface area contributed by atoms with Gasteiger partial charge < -0.3 is 20.3 Å². The molecule has 0 amide bonds. The van der Waals surface area contributed by atoms with Gasteiger partial charge in [0.1, 0.15) is 13.2 Å². The van der Waals surface area contributed by atoms with Gasteiger partial charge in [-0.2, -0.15) is 0 Å². The monoisotopic (exact) mass is 237 g/mol. The first-order chi connectivity index (χ1) is 8.15. The Bertz CT molecular complexity index is 419. The first-order valence-corrected chi connectivity index (χ1v) is 5.51. The van der Waals surface area contributed by atoms with Crippen LogP contribution in [-0.4, -0.2) is 30.3 Å². The lowest BCUT2D eigenvalue weighted by Crippen LogP contribution is -2.26. The largest absolute Gasteiger partial charge is 0.486 e. The molecule has 0 saturated carbocycles. The summed E-state index contributed by atoms with van der Waals surface area (Å²) in [6.45, 7) is 1.10. The minimum absolute atomic E-state index is 0.0333. The lowest BCUT2D eigenvalue weighted by molar-refractivity contribution is -0.137. The zero-order valence-corrected chi connectivity index (χ0v) is 9.39. The molecule has 1 heterocycles. The van der Waals surface area contributed by atoms with Crippen LogP contribution in [0, 0.1) is 0 Å². The SMILES string of the molecule is NC(CC(=O)O)Cc1ccc2c(c1)OCCO2. The summed E-state index contributed by atoms with van der Waals surface area (Å²) < 4.78 is 10.8. The van der Waals surface area contributed by atoms with Gasteiger partial charge in [0.05, 0.1) is 6.42 Å². The maximum atomic E-state index is 10.5. The number of rotatable bonds is 4. The Morgan fingerprint density at radius 2 is 2.06 bits per heavy atom. The van der Waals surface area contributed by atoms with Gasteiger partial charge in [-0.3, -0.25) is 4.79 Å². The van der Waals surface area contributed by atoms with E-state index in [2.05, 4.69) is 0 Å². The molecule has 5 heteroatoms. The zero-order chi connectivity index (χ0) is 12.3. The lowest BCUT2D eigenvalue weighted by atomic mass is 10.0. The second-order valence-corrected chi connectivity index (χ2v) is 4.04. The average Bonchev–Trinajstić information content (AvgIpc) is 2.27. The van der Waals surface area contributed by atoms with Gasteiger partial charge in [-0.25, -0.2) is 0 Å². The van der Waals surface area contributed by atoms with E-state index < -0.39 is 5.97 Å². The first-order valence-electron chi connectivity index (χ1n) is 5.51. The molecule has 0 saturated heterocycles. The van der Waals surface area contributed by atoms with Crippen molar-refractivity contribution in [2.45, 2.75) is 18.9 Å². The molecule has 0 radical (unpaired) electrons. The summed E-state index contributed by atoms with van der Waals surface area (Å²) in [7, 11) is 0. The van der Waals surface area contributed by atoms with E-state index in [0.29, 0.717) is 25.4 Å². The Balaban J connectivity index is 2.04. The maximum absolute atomic E-state index is 10.5. The van der Waals surface area contributed by atoms with Gasteiger partial charge in [0, 0.05) is 6.04 Å². The summed E-state index contributed by atoms with van der Waals surface area (Å²) in [4.78, 5) is 10.5. The van der Waals surface area contributed by atoms with Crippen molar-refractivity contribution in [3.8, 4) is 11.5 Å². The molecule has 1 aromatic carbocycles. The molecule has 0 fully saturated rings. The number of carbonyl (C=O) groups is 1. The molecule has 0 aromatic heterocycles. The van der Waals surface area contributed by atoms with Gasteiger partial charge in [0.2, 0.25) is 0 Å². The van der Waals surface area contributed by atoms with Crippen LogP contribution in [-0.2, 0) is 11.2 Å². The number of benzene rings is 1. The molecule has 1 aliphatic rings. The minimum Gasteiger partial charge on any atom is -0.486 e. The van der Waals surface area contributed by atoms with Crippen molar-refractivity contribution in [3.05, 3.63) is 23.8 Å². The molecule has 1 atom stereocenters. The third-order valence-electron chi connectivity index (χ3n) is 2.54. The van der Waals surface area contributed by atoms with Crippen molar-refractivity contribution in [3.63, 3.8) is 0 Å². The first kappa shape index (κ1) is 11.7. The molecular weight excluding hydrogens is 222 g/mol. The number of hydrogen-bond donors (Lipinski definition) is 2. The van der Waals surface area contributed by atoms with E-state index in [1.807, 2.05) is 18.2 Å². The van der Waals surface area contributed by atoms with Crippen molar-refractivity contribution in [1.29, 1.82) is 0 Å². The molecule has 17 heavy (non-hydrogen) atoms. The number of ether oxygens (including phenoxy) is 2. The van der Waals surface area contributed by atoms with E-state index in [4.69, 9.17) is 20.3 Å². The number of carboxylic acids is 1. The topological polar surface area (TPSA) is 81.8 Å². The molecule has 0 spiro atoms. The van der Waals surface area contributed by atoms with Crippen LogP contribution in [0.1, 0.15) is 12.0 Å². The fourth-order valence-electron chi connectivity index (χ4n) is 1.81. The van der Waals surface area contributed by atoms with Crippen molar-refractivity contribution in [2.75, 3.05) is 13.2 Å². The quantitative estimate of drug-likeness (QED) is 0.809. The Morgan fingerprint density at radius 3 is 2.76 bits per heavy atom. The van der Waals surface area contributed by atoms with Crippen LogP contribution in [0.2, 0.25) is 0 Å². The van der Waals surface area contributed by atoms with E-state index >= 15 is 0 Å². The standard InChI is InChI=1S/C12H15NO4/c13-9(7-12(14)15)5-8-1-2-10-11(6-8)17-4-3-16-10/h1-2,6,9H,3-5,7,13H2,(H,14,15). The number of hydrogen-bond acceptors (Lipinski definition) is 4. The van der Waals surface area contributed by atoms with Gasteiger partial charge in [-0.05, 0) is 24.1 Å². The van der Waals surface area contributed by atoms with Crippen molar-refractivity contribution in [2.24, 2.45) is 5.73 Å². The van der Waals surface area contributed by atoms with E-state index in [9.17, 15) is 4.79 Å². The second kappa shape index (κ2) is 5.05. The fourth-order valence-corrected chi connectivity index (χ4v) is 1.81. The number of carboxylic acid groups (broad SMARTS) is 1. The Hall–Kier alpha value is -1.75. The van der Waals surface area contributed by atoms with Gasteiger partial charge in [0.15, 0.2) is 11.5 Å². The fraction of sp³-hybridized carbons (Fsp3) is 0.417. The van der Waals surface area contributed by atoms with Crippen LogP contribution < -0.4 is 15.2 Å². The Labute approximate surface area is 99.1 Å². The summed E-state index contributed by atoms with van der Waals surface area (Å²) >= 11 is 0. The summed E-state index contributed by atoms with van der Waals surface area (Å²) in [5.74, 6) is 0.554. The normalized spacial score (nSPS) is 15.4. The van der Waals surface area contributed by atoms with E-state index in [0.717, 1.165) is 11.3 Å².